The third kappa shape index (κ3) is 2.57. The Morgan fingerprint density at radius 1 is 1.45 bits per heavy atom. The van der Waals surface area contributed by atoms with E-state index in [1.807, 2.05) is 12.1 Å². The third-order valence-electron chi connectivity index (χ3n) is 3.53. The number of carbonyl (C=O) groups is 1. The van der Waals surface area contributed by atoms with E-state index in [2.05, 4.69) is 0 Å². The van der Waals surface area contributed by atoms with Crippen LogP contribution in [-0.4, -0.2) is 49.6 Å². The van der Waals surface area contributed by atoms with Crippen molar-refractivity contribution in [2.45, 2.75) is 30.5 Å². The van der Waals surface area contributed by atoms with E-state index in [0.29, 0.717) is 13.0 Å². The van der Waals surface area contributed by atoms with Gasteiger partial charge >= 0.3 is 122 Å². The van der Waals surface area contributed by atoms with Gasteiger partial charge in [-0.2, -0.15) is 0 Å². The minimum absolute atomic E-state index is 0.00828. The molecule has 0 radical (unpaired) electrons. The van der Waals surface area contributed by atoms with Crippen molar-refractivity contribution in [2.24, 2.45) is 0 Å². The van der Waals surface area contributed by atoms with Gasteiger partial charge in [0.2, 0.25) is 0 Å². The molecule has 1 aromatic rings. The van der Waals surface area contributed by atoms with Gasteiger partial charge < -0.3 is 0 Å². The van der Waals surface area contributed by atoms with Crippen LogP contribution in [0.1, 0.15) is 12.8 Å². The van der Waals surface area contributed by atoms with Crippen LogP contribution in [0.4, 0.5) is 5.69 Å². The molecule has 0 aliphatic carbocycles. The van der Waals surface area contributed by atoms with E-state index >= 15 is 0 Å². The maximum atomic E-state index is 11.2. The summed E-state index contributed by atoms with van der Waals surface area (Å²) in [5.41, 5.74) is 0.207. The Hall–Kier alpha value is -1.43. The molecule has 20 heavy (non-hydrogen) atoms. The fourth-order valence-corrected chi connectivity index (χ4v) is 4.68. The average Bonchev–Trinajstić information content (AvgIpc) is 2.76. The monoisotopic (exact) mass is 342 g/mol. The number of ether oxygens (including phenoxy) is 1. The van der Waals surface area contributed by atoms with E-state index in [0.717, 1.165) is 16.2 Å². The molecule has 2 atom stereocenters. The Morgan fingerprint density at radius 2 is 2.25 bits per heavy atom. The maximum absolute atomic E-state index is 11.2. The Kier molecular flexibility index (Phi) is 3.74. The van der Waals surface area contributed by atoms with Crippen molar-refractivity contribution < 1.29 is 14.5 Å². The predicted molar refractivity (Wildman–Crippen MR) is 72.9 cm³/mol. The van der Waals surface area contributed by atoms with Crippen LogP contribution >= 0.6 is 0 Å². The van der Waals surface area contributed by atoms with Crippen LogP contribution < -0.4 is 4.46 Å². The van der Waals surface area contributed by atoms with Gasteiger partial charge in [0.1, 0.15) is 0 Å². The number of nitrogens with zero attached hydrogens (tertiary/aromatic N) is 2. The molecule has 2 heterocycles. The van der Waals surface area contributed by atoms with Crippen LogP contribution in [0.5, 0.6) is 0 Å². The number of carbonyl (C=O) groups excluding carboxylic acids is 1. The van der Waals surface area contributed by atoms with E-state index in [1.165, 1.54) is 0 Å². The number of benzene rings is 1. The van der Waals surface area contributed by atoms with Gasteiger partial charge in [0.05, 0.1) is 0 Å². The van der Waals surface area contributed by atoms with E-state index < -0.39 is 0 Å². The molecular formula is C13H14N2O4Se. The summed E-state index contributed by atoms with van der Waals surface area (Å²) < 4.78 is 6.55. The molecule has 3 rings (SSSR count). The van der Waals surface area contributed by atoms with Crippen molar-refractivity contribution in [1.82, 2.24) is 4.90 Å². The molecule has 2 aliphatic heterocycles. The van der Waals surface area contributed by atoms with E-state index in [-0.39, 0.29) is 43.8 Å². The summed E-state index contributed by atoms with van der Waals surface area (Å²) in [6.07, 6.45) is 1.44. The van der Waals surface area contributed by atoms with Gasteiger partial charge in [-0.05, 0) is 0 Å². The van der Waals surface area contributed by atoms with Crippen molar-refractivity contribution in [1.29, 1.82) is 0 Å². The van der Waals surface area contributed by atoms with Gasteiger partial charge in [0.15, 0.2) is 0 Å². The summed E-state index contributed by atoms with van der Waals surface area (Å²) in [7, 11) is 0. The van der Waals surface area contributed by atoms with Crippen LogP contribution in [0.15, 0.2) is 24.3 Å². The fourth-order valence-electron chi connectivity index (χ4n) is 2.44. The zero-order chi connectivity index (χ0) is 14.1. The second-order valence-electron chi connectivity index (χ2n) is 4.82. The molecule has 106 valence electrons. The van der Waals surface area contributed by atoms with Gasteiger partial charge in [-0.3, -0.25) is 0 Å². The number of β-lactam (4-membered cyclic amide) rings is 1. The van der Waals surface area contributed by atoms with Crippen LogP contribution in [0.2, 0.25) is 5.32 Å². The quantitative estimate of drug-likeness (QED) is 0.342. The number of fused-ring (bicyclic) bond motifs is 1. The summed E-state index contributed by atoms with van der Waals surface area (Å²) >= 11 is 0.0635. The minimum atomic E-state index is -0.326. The summed E-state index contributed by atoms with van der Waals surface area (Å²) in [5, 5.41) is 11.8. The molecule has 2 saturated heterocycles. The number of hydrogen-bond donors (Lipinski definition) is 0. The van der Waals surface area contributed by atoms with Crippen molar-refractivity contribution in [3.8, 4) is 0 Å². The van der Waals surface area contributed by atoms with Gasteiger partial charge in [-0.15, -0.1) is 0 Å². The Bertz CT molecular complexity index is 551. The molecule has 2 fully saturated rings. The van der Waals surface area contributed by atoms with Crippen LogP contribution in [-0.2, 0) is 9.53 Å². The first kappa shape index (κ1) is 13.5. The molecule has 0 spiro atoms. The SMILES string of the molecule is O=C1CC2OC(CC[Se]c3ccccc3[N+](=O)[O-])CN12. The first-order chi connectivity index (χ1) is 9.65. The zero-order valence-electron chi connectivity index (χ0n) is 10.7. The Balaban J connectivity index is 1.51. The average molecular weight is 341 g/mol. The Morgan fingerprint density at radius 3 is 2.95 bits per heavy atom. The zero-order valence-corrected chi connectivity index (χ0v) is 12.4. The fraction of sp³-hybridized carbons (Fsp3) is 0.462. The molecule has 7 heteroatoms. The molecule has 0 N–H and O–H groups in total. The van der Waals surface area contributed by atoms with E-state index in [9.17, 15) is 14.9 Å². The number of rotatable bonds is 5. The van der Waals surface area contributed by atoms with Gasteiger partial charge in [0, 0.05) is 0 Å². The molecule has 0 saturated carbocycles. The van der Waals surface area contributed by atoms with Gasteiger partial charge in [-0.1, -0.05) is 0 Å². The molecule has 0 bridgehead atoms. The molecule has 1 aromatic carbocycles. The standard InChI is InChI=1S/C13H14N2O4Se/c16-12-7-13-14(12)8-9(19-13)5-6-20-11-4-2-1-3-10(11)15(17)18/h1-4,9,13H,5-8H2. The first-order valence-electron chi connectivity index (χ1n) is 6.46. The number of hydrogen-bond acceptors (Lipinski definition) is 4. The number of nitro benzene ring substituents is 1. The topological polar surface area (TPSA) is 72.7 Å². The molecule has 2 unspecified atom stereocenters. The molecular weight excluding hydrogens is 327 g/mol. The van der Waals surface area contributed by atoms with Crippen molar-refractivity contribution in [3.05, 3.63) is 34.4 Å². The summed E-state index contributed by atoms with van der Waals surface area (Å²) in [4.78, 5) is 23.6. The second-order valence-corrected chi connectivity index (χ2v) is 7.21. The Labute approximate surface area is 122 Å². The summed E-state index contributed by atoms with van der Waals surface area (Å²) in [6, 6.07) is 6.90. The number of amides is 1. The van der Waals surface area contributed by atoms with E-state index in [4.69, 9.17) is 4.74 Å². The predicted octanol–water partition coefficient (Wildman–Crippen LogP) is 0.690. The van der Waals surface area contributed by atoms with Crippen molar-refractivity contribution in [3.63, 3.8) is 0 Å². The third-order valence-corrected chi connectivity index (χ3v) is 5.83. The van der Waals surface area contributed by atoms with Crippen molar-refractivity contribution >= 4 is 31.0 Å². The second kappa shape index (κ2) is 5.52. The number of nitro groups is 1. The summed E-state index contributed by atoms with van der Waals surface area (Å²) in [5.74, 6) is 0.168. The molecule has 2 aliphatic rings. The van der Waals surface area contributed by atoms with Gasteiger partial charge in [0.25, 0.3) is 0 Å². The molecule has 6 nitrogen and oxygen atoms in total. The van der Waals surface area contributed by atoms with Crippen LogP contribution in [0.3, 0.4) is 0 Å². The molecule has 0 aromatic heterocycles. The van der Waals surface area contributed by atoms with Crippen LogP contribution in [0, 0.1) is 10.1 Å². The first-order valence-corrected chi connectivity index (χ1v) is 8.53. The number of para-hydroxylation sites is 1. The molecule has 1 amide bonds. The van der Waals surface area contributed by atoms with Crippen molar-refractivity contribution in [2.75, 3.05) is 6.54 Å². The van der Waals surface area contributed by atoms with Crippen LogP contribution in [0.25, 0.3) is 0 Å². The normalized spacial score (nSPS) is 24.4. The van der Waals surface area contributed by atoms with E-state index in [1.54, 1.807) is 17.0 Å². The van der Waals surface area contributed by atoms with Gasteiger partial charge in [-0.25, -0.2) is 0 Å². The summed E-state index contributed by atoms with van der Waals surface area (Å²) in [6.45, 7) is 0.677.